The van der Waals surface area contributed by atoms with Gasteiger partial charge in [0.1, 0.15) is 0 Å². The highest BCUT2D eigenvalue weighted by atomic mass is 15.0. The van der Waals surface area contributed by atoms with Crippen LogP contribution in [0.1, 0.15) is 20.8 Å². The van der Waals surface area contributed by atoms with Crippen LogP contribution in [0.4, 0.5) is 0 Å². The minimum absolute atomic E-state index is 0.542. The summed E-state index contributed by atoms with van der Waals surface area (Å²) >= 11 is 0. The molecule has 0 aliphatic heterocycles. The van der Waals surface area contributed by atoms with Crippen molar-refractivity contribution in [2.75, 3.05) is 6.67 Å². The molecule has 0 saturated heterocycles. The van der Waals surface area contributed by atoms with Gasteiger partial charge in [-0.15, -0.1) is 0 Å². The third kappa shape index (κ3) is 2.99. The Bertz CT molecular complexity index is 52.5. The average Bonchev–Trinajstić information content (AvgIpc) is 1.67. The van der Waals surface area contributed by atoms with Crippen LogP contribution in [0.15, 0.2) is 0 Å². The molecule has 8 heavy (non-hydrogen) atoms. The standard InChI is InChI=1S/C6H16N2/c1-5(2)6(3)8-4-7/h5-6,8H,4,7H2,1-3H3/t6-/m0/s1. The van der Waals surface area contributed by atoms with Crippen LogP contribution in [0.3, 0.4) is 0 Å². The van der Waals surface area contributed by atoms with E-state index in [4.69, 9.17) is 5.73 Å². The van der Waals surface area contributed by atoms with Crippen LogP contribution in [0.25, 0.3) is 0 Å². The molecule has 50 valence electrons. The maximum absolute atomic E-state index is 5.26. The molecule has 0 spiro atoms. The lowest BCUT2D eigenvalue weighted by molar-refractivity contribution is 0.433. The van der Waals surface area contributed by atoms with Crippen molar-refractivity contribution in [1.82, 2.24) is 5.32 Å². The van der Waals surface area contributed by atoms with Gasteiger partial charge in [-0.2, -0.15) is 0 Å². The molecule has 0 amide bonds. The minimum Gasteiger partial charge on any atom is -0.318 e. The molecule has 0 heterocycles. The lowest BCUT2D eigenvalue weighted by Gasteiger charge is -2.14. The molecule has 0 rings (SSSR count). The summed E-state index contributed by atoms with van der Waals surface area (Å²) in [5.74, 6) is 0.679. The fraction of sp³-hybridized carbons (Fsp3) is 1.00. The van der Waals surface area contributed by atoms with Gasteiger partial charge in [0.05, 0.1) is 0 Å². The lowest BCUT2D eigenvalue weighted by Crippen LogP contribution is -2.35. The van der Waals surface area contributed by atoms with E-state index in [0.717, 1.165) is 0 Å². The Morgan fingerprint density at radius 3 is 2.00 bits per heavy atom. The second-order valence-corrected chi connectivity index (χ2v) is 2.44. The topological polar surface area (TPSA) is 38.0 Å². The van der Waals surface area contributed by atoms with Crippen LogP contribution >= 0.6 is 0 Å². The number of nitrogens with two attached hydrogens (primary N) is 1. The van der Waals surface area contributed by atoms with Crippen LogP contribution in [-0.4, -0.2) is 12.7 Å². The van der Waals surface area contributed by atoms with E-state index in [-0.39, 0.29) is 0 Å². The minimum atomic E-state index is 0.542. The second kappa shape index (κ2) is 3.87. The Labute approximate surface area is 51.5 Å². The first-order valence-corrected chi connectivity index (χ1v) is 3.12. The molecule has 0 bridgehead atoms. The van der Waals surface area contributed by atoms with E-state index in [1.54, 1.807) is 0 Å². The zero-order chi connectivity index (χ0) is 6.57. The Balaban J connectivity index is 3.17. The van der Waals surface area contributed by atoms with Gasteiger partial charge in [-0.05, 0) is 12.8 Å². The largest absolute Gasteiger partial charge is 0.318 e. The smallest absolute Gasteiger partial charge is 0.0430 e. The molecule has 0 saturated carbocycles. The van der Waals surface area contributed by atoms with E-state index in [9.17, 15) is 0 Å². The molecule has 1 atom stereocenters. The number of rotatable bonds is 3. The Morgan fingerprint density at radius 2 is 1.88 bits per heavy atom. The molecule has 0 aliphatic rings. The first kappa shape index (κ1) is 7.92. The van der Waals surface area contributed by atoms with E-state index in [1.807, 2.05) is 0 Å². The molecular weight excluding hydrogens is 100 g/mol. The van der Waals surface area contributed by atoms with Crippen molar-refractivity contribution in [2.45, 2.75) is 26.8 Å². The molecule has 2 heteroatoms. The Morgan fingerprint density at radius 1 is 1.38 bits per heavy atom. The Hall–Kier alpha value is -0.0800. The summed E-state index contributed by atoms with van der Waals surface area (Å²) in [5.41, 5.74) is 5.26. The summed E-state index contributed by atoms with van der Waals surface area (Å²) in [6.07, 6.45) is 0. The summed E-state index contributed by atoms with van der Waals surface area (Å²) in [6.45, 7) is 7.07. The van der Waals surface area contributed by atoms with E-state index in [1.165, 1.54) is 0 Å². The van der Waals surface area contributed by atoms with Gasteiger partial charge in [0.25, 0.3) is 0 Å². The lowest BCUT2D eigenvalue weighted by atomic mass is 10.1. The average molecular weight is 116 g/mol. The molecule has 3 N–H and O–H groups in total. The molecule has 0 aromatic rings. The molecule has 0 aliphatic carbocycles. The summed E-state index contributed by atoms with van der Waals surface area (Å²) in [6, 6.07) is 0.542. The maximum atomic E-state index is 5.26. The quantitative estimate of drug-likeness (QED) is 0.528. The molecule has 0 radical (unpaired) electrons. The third-order valence-electron chi connectivity index (χ3n) is 1.44. The van der Waals surface area contributed by atoms with Gasteiger partial charge in [0, 0.05) is 12.7 Å². The van der Waals surface area contributed by atoms with E-state index in [2.05, 4.69) is 26.1 Å². The van der Waals surface area contributed by atoms with Gasteiger partial charge < -0.3 is 11.1 Å². The van der Waals surface area contributed by atoms with Gasteiger partial charge in [0.15, 0.2) is 0 Å². The summed E-state index contributed by atoms with van der Waals surface area (Å²) in [4.78, 5) is 0. The molecule has 0 fully saturated rings. The maximum Gasteiger partial charge on any atom is 0.0430 e. The van der Waals surface area contributed by atoms with Crippen LogP contribution in [0.5, 0.6) is 0 Å². The molecular formula is C6H16N2. The van der Waals surface area contributed by atoms with Crippen molar-refractivity contribution in [3.8, 4) is 0 Å². The zero-order valence-corrected chi connectivity index (χ0v) is 5.94. The van der Waals surface area contributed by atoms with Crippen molar-refractivity contribution >= 4 is 0 Å². The van der Waals surface area contributed by atoms with Crippen LogP contribution in [0.2, 0.25) is 0 Å². The van der Waals surface area contributed by atoms with Crippen molar-refractivity contribution in [1.29, 1.82) is 0 Å². The molecule has 0 aromatic heterocycles. The van der Waals surface area contributed by atoms with Crippen molar-refractivity contribution in [3.63, 3.8) is 0 Å². The zero-order valence-electron chi connectivity index (χ0n) is 5.94. The van der Waals surface area contributed by atoms with Crippen molar-refractivity contribution < 1.29 is 0 Å². The van der Waals surface area contributed by atoms with Gasteiger partial charge in [-0.25, -0.2) is 0 Å². The number of hydrogen-bond acceptors (Lipinski definition) is 2. The fourth-order valence-corrected chi connectivity index (χ4v) is 0.422. The predicted molar refractivity (Wildman–Crippen MR) is 36.5 cm³/mol. The van der Waals surface area contributed by atoms with Crippen LogP contribution in [-0.2, 0) is 0 Å². The second-order valence-electron chi connectivity index (χ2n) is 2.44. The normalized spacial score (nSPS) is 14.6. The summed E-state index contributed by atoms with van der Waals surface area (Å²) < 4.78 is 0. The van der Waals surface area contributed by atoms with Gasteiger partial charge in [-0.1, -0.05) is 13.8 Å². The first-order chi connectivity index (χ1) is 3.68. The monoisotopic (exact) mass is 116 g/mol. The van der Waals surface area contributed by atoms with Crippen molar-refractivity contribution in [3.05, 3.63) is 0 Å². The first-order valence-electron chi connectivity index (χ1n) is 3.12. The molecule has 0 unspecified atom stereocenters. The van der Waals surface area contributed by atoms with Gasteiger partial charge >= 0.3 is 0 Å². The Kier molecular flexibility index (Phi) is 3.83. The molecule has 0 aromatic carbocycles. The molecule has 2 nitrogen and oxygen atoms in total. The highest BCUT2D eigenvalue weighted by Gasteiger charge is 2.02. The highest BCUT2D eigenvalue weighted by molar-refractivity contribution is 4.61. The van der Waals surface area contributed by atoms with Gasteiger partial charge in [-0.3, -0.25) is 0 Å². The number of nitrogens with one attached hydrogen (secondary N) is 1. The summed E-state index contributed by atoms with van der Waals surface area (Å²) in [5, 5.41) is 3.12. The highest BCUT2D eigenvalue weighted by Crippen LogP contribution is 1.97. The predicted octanol–water partition coefficient (Wildman–Crippen LogP) is 0.537. The third-order valence-corrected chi connectivity index (χ3v) is 1.44. The van der Waals surface area contributed by atoms with E-state index >= 15 is 0 Å². The van der Waals surface area contributed by atoms with Gasteiger partial charge in [0.2, 0.25) is 0 Å². The van der Waals surface area contributed by atoms with E-state index in [0.29, 0.717) is 18.6 Å². The SMILES string of the molecule is CC(C)[C@H](C)NCN. The fourth-order valence-electron chi connectivity index (χ4n) is 0.422. The van der Waals surface area contributed by atoms with E-state index < -0.39 is 0 Å². The van der Waals surface area contributed by atoms with Crippen LogP contribution < -0.4 is 11.1 Å². The van der Waals surface area contributed by atoms with Crippen LogP contribution in [0, 0.1) is 5.92 Å². The summed E-state index contributed by atoms with van der Waals surface area (Å²) in [7, 11) is 0. The van der Waals surface area contributed by atoms with Crippen molar-refractivity contribution in [2.24, 2.45) is 11.7 Å². The number of hydrogen-bond donors (Lipinski definition) is 2.